The Bertz CT molecular complexity index is 1040. The highest BCUT2D eigenvalue weighted by Crippen LogP contribution is 2.30. The third kappa shape index (κ3) is 2.93. The van der Waals surface area contributed by atoms with Crippen molar-refractivity contribution in [3.05, 3.63) is 58.4 Å². The number of anilines is 2. The molecule has 9 heteroatoms. The van der Waals surface area contributed by atoms with E-state index in [4.69, 9.17) is 0 Å². The highest BCUT2D eigenvalue weighted by atomic mass is 32.1. The summed E-state index contributed by atoms with van der Waals surface area (Å²) in [6.07, 6.45) is 3.61. The van der Waals surface area contributed by atoms with Crippen LogP contribution in [0.25, 0.3) is 0 Å². The van der Waals surface area contributed by atoms with Crippen molar-refractivity contribution < 1.29 is 9.59 Å². The van der Waals surface area contributed by atoms with Gasteiger partial charge < -0.3 is 19.7 Å². The van der Waals surface area contributed by atoms with Crippen molar-refractivity contribution in [3.63, 3.8) is 0 Å². The summed E-state index contributed by atoms with van der Waals surface area (Å²) in [4.78, 5) is 37.7. The molecule has 2 aliphatic rings. The summed E-state index contributed by atoms with van der Waals surface area (Å²) < 4.78 is 2.16. The van der Waals surface area contributed by atoms with Gasteiger partial charge in [0.15, 0.2) is 5.82 Å². The zero-order valence-corrected chi connectivity index (χ0v) is 15.9. The van der Waals surface area contributed by atoms with Crippen LogP contribution in [-0.4, -0.2) is 44.3 Å². The van der Waals surface area contributed by atoms with Crippen molar-refractivity contribution in [3.8, 4) is 0 Å². The predicted octanol–water partition coefficient (Wildman–Crippen LogP) is 1.95. The minimum absolute atomic E-state index is 0.0669. The molecule has 0 spiro atoms. The Morgan fingerprint density at radius 3 is 3.07 bits per heavy atom. The molecule has 0 saturated carbocycles. The highest BCUT2D eigenvalue weighted by Gasteiger charge is 2.28. The van der Waals surface area contributed by atoms with E-state index in [-0.39, 0.29) is 18.4 Å². The molecule has 3 aromatic rings. The Labute approximate surface area is 165 Å². The molecular formula is C19H18N6O2S. The molecular weight excluding hydrogens is 376 g/mol. The van der Waals surface area contributed by atoms with E-state index in [0.29, 0.717) is 36.7 Å². The van der Waals surface area contributed by atoms with Gasteiger partial charge in [0.2, 0.25) is 5.91 Å². The third-order valence-corrected chi connectivity index (χ3v) is 5.73. The molecule has 0 bridgehead atoms. The molecule has 2 amide bonds. The van der Waals surface area contributed by atoms with Crippen LogP contribution in [0, 0.1) is 0 Å². The maximum absolute atomic E-state index is 13.1. The number of rotatable bonds is 3. The molecule has 0 atom stereocenters. The largest absolute Gasteiger partial charge is 0.359 e. The van der Waals surface area contributed by atoms with Gasteiger partial charge in [0, 0.05) is 36.6 Å². The van der Waals surface area contributed by atoms with Crippen molar-refractivity contribution in [2.24, 2.45) is 0 Å². The quantitative estimate of drug-likeness (QED) is 0.734. The Morgan fingerprint density at radius 2 is 2.21 bits per heavy atom. The number of thiazole rings is 1. The average Bonchev–Trinajstić information content (AvgIpc) is 3.40. The Hall–Kier alpha value is -3.20. The average molecular weight is 394 g/mol. The van der Waals surface area contributed by atoms with Gasteiger partial charge in [0.25, 0.3) is 5.91 Å². The molecule has 0 radical (unpaired) electrons. The van der Waals surface area contributed by atoms with Gasteiger partial charge in [0.1, 0.15) is 0 Å². The van der Waals surface area contributed by atoms with E-state index in [1.165, 1.54) is 11.3 Å². The summed E-state index contributed by atoms with van der Waals surface area (Å²) >= 11 is 1.49. The summed E-state index contributed by atoms with van der Waals surface area (Å²) in [7, 11) is 0. The zero-order valence-electron chi connectivity index (χ0n) is 15.0. The molecule has 0 aliphatic carbocycles. The fourth-order valence-corrected chi connectivity index (χ4v) is 4.17. The van der Waals surface area contributed by atoms with Gasteiger partial charge in [-0.1, -0.05) is 0 Å². The van der Waals surface area contributed by atoms with Crippen LogP contribution in [0.4, 0.5) is 11.5 Å². The number of pyridine rings is 1. The number of fused-ring (bicyclic) bond motifs is 2. The van der Waals surface area contributed by atoms with Crippen LogP contribution in [-0.2, 0) is 24.4 Å². The van der Waals surface area contributed by atoms with Gasteiger partial charge in [-0.25, -0.2) is 9.97 Å². The van der Waals surface area contributed by atoms with Crippen molar-refractivity contribution in [1.82, 2.24) is 19.4 Å². The fraction of sp³-hybridized carbons (Fsp3) is 0.263. The lowest BCUT2D eigenvalue weighted by molar-refractivity contribution is -0.117. The molecule has 0 aromatic carbocycles. The summed E-state index contributed by atoms with van der Waals surface area (Å²) in [6.45, 7) is 2.55. The minimum atomic E-state index is -0.0746. The lowest BCUT2D eigenvalue weighted by Gasteiger charge is -2.31. The van der Waals surface area contributed by atoms with Crippen molar-refractivity contribution in [2.75, 3.05) is 23.3 Å². The highest BCUT2D eigenvalue weighted by molar-refractivity contribution is 7.07. The smallest absolute Gasteiger partial charge is 0.255 e. The number of hydrogen-bond donors (Lipinski definition) is 1. The van der Waals surface area contributed by atoms with Gasteiger partial charge in [-0.2, -0.15) is 0 Å². The zero-order chi connectivity index (χ0) is 19.1. The molecule has 8 nitrogen and oxygen atoms in total. The second-order valence-electron chi connectivity index (χ2n) is 6.82. The van der Waals surface area contributed by atoms with Gasteiger partial charge in [0.05, 0.1) is 42.1 Å². The lowest BCUT2D eigenvalue weighted by Crippen LogP contribution is -2.41. The lowest BCUT2D eigenvalue weighted by atomic mass is 10.1. The summed E-state index contributed by atoms with van der Waals surface area (Å²) in [6, 6.07) is 5.79. The van der Waals surface area contributed by atoms with E-state index >= 15 is 0 Å². The number of amides is 2. The first-order valence-electron chi connectivity index (χ1n) is 9.04. The van der Waals surface area contributed by atoms with E-state index in [9.17, 15) is 9.59 Å². The first-order chi connectivity index (χ1) is 13.7. The number of hydrogen-bond acceptors (Lipinski definition) is 6. The van der Waals surface area contributed by atoms with Crippen molar-refractivity contribution in [1.29, 1.82) is 0 Å². The summed E-state index contributed by atoms with van der Waals surface area (Å²) in [5, 5.41) is 4.95. The Kier molecular flexibility index (Phi) is 4.09. The molecule has 0 unspecified atom stereocenters. The van der Waals surface area contributed by atoms with Crippen LogP contribution in [0.1, 0.15) is 21.7 Å². The van der Waals surface area contributed by atoms with E-state index < -0.39 is 0 Å². The standard InChI is InChI=1S/C19H18N6O2S/c26-17-8-21-18-16(25(17)9-14-11-28-12-22-14)6-13(7-20-18)19(27)24-5-4-23-3-1-2-15(23)10-24/h1-3,6-7,11-12H,4-5,8-10H2,(H,20,21). The molecule has 3 aromatic heterocycles. The first kappa shape index (κ1) is 16.9. The number of carbonyl (C=O) groups is 2. The minimum Gasteiger partial charge on any atom is -0.359 e. The number of nitrogens with zero attached hydrogens (tertiary/aromatic N) is 5. The van der Waals surface area contributed by atoms with Crippen molar-refractivity contribution in [2.45, 2.75) is 19.6 Å². The van der Waals surface area contributed by atoms with Crippen LogP contribution >= 0.6 is 11.3 Å². The van der Waals surface area contributed by atoms with E-state index in [1.54, 1.807) is 22.7 Å². The van der Waals surface area contributed by atoms with Crippen LogP contribution < -0.4 is 10.2 Å². The van der Waals surface area contributed by atoms with Gasteiger partial charge in [-0.05, 0) is 18.2 Å². The second-order valence-corrected chi connectivity index (χ2v) is 7.54. The molecule has 0 saturated heterocycles. The monoisotopic (exact) mass is 394 g/mol. The van der Waals surface area contributed by atoms with Crippen LogP contribution in [0.15, 0.2) is 41.5 Å². The van der Waals surface area contributed by atoms with Crippen LogP contribution in [0.5, 0.6) is 0 Å². The second kappa shape index (κ2) is 6.75. The number of aromatic nitrogens is 3. The van der Waals surface area contributed by atoms with Crippen molar-refractivity contribution >= 4 is 34.7 Å². The maximum Gasteiger partial charge on any atom is 0.255 e. The molecule has 5 rings (SSSR count). The van der Waals surface area contributed by atoms with Gasteiger partial charge in [-0.15, -0.1) is 11.3 Å². The molecule has 28 heavy (non-hydrogen) atoms. The van der Waals surface area contributed by atoms with Gasteiger partial charge in [-0.3, -0.25) is 9.59 Å². The Balaban J connectivity index is 1.43. The van der Waals surface area contributed by atoms with Crippen LogP contribution in [0.2, 0.25) is 0 Å². The molecule has 2 aliphatic heterocycles. The fourth-order valence-electron chi connectivity index (χ4n) is 3.62. The Morgan fingerprint density at radius 1 is 1.29 bits per heavy atom. The van der Waals surface area contributed by atoms with E-state index in [0.717, 1.165) is 17.9 Å². The van der Waals surface area contributed by atoms with Crippen LogP contribution in [0.3, 0.4) is 0 Å². The normalized spacial score (nSPS) is 15.8. The van der Waals surface area contributed by atoms with E-state index in [1.807, 2.05) is 28.6 Å². The number of nitrogens with one attached hydrogen (secondary N) is 1. The number of carbonyl (C=O) groups excluding carboxylic acids is 2. The maximum atomic E-state index is 13.1. The summed E-state index contributed by atoms with van der Waals surface area (Å²) in [5.74, 6) is 0.468. The third-order valence-electron chi connectivity index (χ3n) is 5.09. The molecule has 0 fully saturated rings. The first-order valence-corrected chi connectivity index (χ1v) is 9.98. The molecule has 142 valence electrons. The van der Waals surface area contributed by atoms with Gasteiger partial charge >= 0.3 is 0 Å². The molecule has 5 heterocycles. The predicted molar refractivity (Wildman–Crippen MR) is 105 cm³/mol. The van der Waals surface area contributed by atoms with E-state index in [2.05, 4.69) is 19.9 Å². The SMILES string of the molecule is O=C(c1cnc2c(c1)N(Cc1cscn1)C(=O)CN2)N1CCn2cccc2C1. The topological polar surface area (TPSA) is 83.4 Å². The summed E-state index contributed by atoms with van der Waals surface area (Å²) in [5.41, 5.74) is 4.79. The molecule has 1 N–H and O–H groups in total.